The predicted molar refractivity (Wildman–Crippen MR) is 83.0 cm³/mol. The third-order valence-corrected chi connectivity index (χ3v) is 3.26. The first kappa shape index (κ1) is 17.0. The second-order valence-electron chi connectivity index (χ2n) is 5.05. The van der Waals surface area contributed by atoms with Crippen LogP contribution in [0.25, 0.3) is 0 Å². The van der Waals surface area contributed by atoms with Crippen LogP contribution in [0.3, 0.4) is 0 Å². The molecule has 102 valence electrons. The summed E-state index contributed by atoms with van der Waals surface area (Å²) in [6, 6.07) is 0. The van der Waals surface area contributed by atoms with E-state index < -0.39 is 0 Å². The summed E-state index contributed by atoms with van der Waals surface area (Å²) in [5.41, 5.74) is 5.76. The lowest BCUT2D eigenvalue weighted by Gasteiger charge is -2.39. The fraction of sp³-hybridized carbons (Fsp3) is 0.917. The Balaban J connectivity index is 0.00000256. The number of methoxy groups -OCH3 is 1. The van der Waals surface area contributed by atoms with E-state index in [0.29, 0.717) is 18.4 Å². The molecule has 0 aromatic rings. The van der Waals surface area contributed by atoms with Gasteiger partial charge in [-0.2, -0.15) is 0 Å². The van der Waals surface area contributed by atoms with Gasteiger partial charge in [0.2, 0.25) is 0 Å². The fourth-order valence-corrected chi connectivity index (χ4v) is 1.77. The molecule has 1 saturated carbocycles. The molecule has 0 unspecified atom stereocenters. The minimum atomic E-state index is -0.0235. The van der Waals surface area contributed by atoms with Crippen molar-refractivity contribution in [2.75, 3.05) is 20.2 Å². The Hall–Kier alpha value is -0.0400. The highest BCUT2D eigenvalue weighted by atomic mass is 127. The first-order valence-corrected chi connectivity index (χ1v) is 6.17. The molecule has 0 amide bonds. The summed E-state index contributed by atoms with van der Waals surface area (Å²) < 4.78 is 5.48. The van der Waals surface area contributed by atoms with Crippen molar-refractivity contribution in [1.29, 1.82) is 0 Å². The number of rotatable bonds is 6. The Morgan fingerprint density at radius 3 is 2.53 bits per heavy atom. The van der Waals surface area contributed by atoms with Gasteiger partial charge in [-0.05, 0) is 31.6 Å². The van der Waals surface area contributed by atoms with Crippen molar-refractivity contribution < 1.29 is 4.74 Å². The quantitative estimate of drug-likeness (QED) is 0.436. The largest absolute Gasteiger partial charge is 0.376 e. The zero-order valence-corrected chi connectivity index (χ0v) is 13.5. The zero-order valence-electron chi connectivity index (χ0n) is 11.2. The molecule has 0 spiro atoms. The van der Waals surface area contributed by atoms with Gasteiger partial charge in [0, 0.05) is 13.7 Å². The minimum Gasteiger partial charge on any atom is -0.376 e. The molecule has 17 heavy (non-hydrogen) atoms. The molecule has 5 heteroatoms. The van der Waals surface area contributed by atoms with Crippen LogP contribution in [0.15, 0.2) is 4.99 Å². The van der Waals surface area contributed by atoms with Gasteiger partial charge in [0.15, 0.2) is 5.96 Å². The summed E-state index contributed by atoms with van der Waals surface area (Å²) in [5, 5.41) is 3.13. The van der Waals surface area contributed by atoms with E-state index in [2.05, 4.69) is 24.2 Å². The molecule has 3 N–H and O–H groups in total. The first-order chi connectivity index (χ1) is 7.58. The van der Waals surface area contributed by atoms with E-state index in [0.717, 1.165) is 25.8 Å². The summed E-state index contributed by atoms with van der Waals surface area (Å²) >= 11 is 0. The van der Waals surface area contributed by atoms with E-state index in [-0.39, 0.29) is 29.6 Å². The number of halogens is 1. The number of aliphatic imine (C=N–C) groups is 1. The monoisotopic (exact) mass is 355 g/mol. The SMILES string of the molecule is COC1(CN=C(N)NCCC(C)C)CCC1.I. The Morgan fingerprint density at radius 1 is 1.47 bits per heavy atom. The maximum atomic E-state index is 5.78. The maximum Gasteiger partial charge on any atom is 0.188 e. The van der Waals surface area contributed by atoms with E-state index in [1.54, 1.807) is 7.11 Å². The standard InChI is InChI=1S/C12H25N3O.HI/c1-10(2)5-8-14-11(13)15-9-12(16-3)6-4-7-12;/h10H,4-9H2,1-3H3,(H3,13,14,15);1H. The van der Waals surface area contributed by atoms with Crippen LogP contribution in [0.5, 0.6) is 0 Å². The molecule has 1 aliphatic rings. The number of ether oxygens (including phenoxy) is 1. The molecule has 0 saturated heterocycles. The van der Waals surface area contributed by atoms with Gasteiger partial charge in [-0.3, -0.25) is 4.99 Å². The number of guanidine groups is 1. The number of nitrogens with two attached hydrogens (primary N) is 1. The van der Waals surface area contributed by atoms with Crippen LogP contribution in [0.4, 0.5) is 0 Å². The molecule has 0 aromatic carbocycles. The molecule has 0 aromatic heterocycles. The van der Waals surface area contributed by atoms with Gasteiger partial charge >= 0.3 is 0 Å². The molecular formula is C12H26IN3O. The highest BCUT2D eigenvalue weighted by Crippen LogP contribution is 2.35. The summed E-state index contributed by atoms with van der Waals surface area (Å²) in [7, 11) is 1.76. The summed E-state index contributed by atoms with van der Waals surface area (Å²) in [4.78, 5) is 4.34. The van der Waals surface area contributed by atoms with E-state index in [1.165, 1.54) is 6.42 Å². The van der Waals surface area contributed by atoms with Crippen LogP contribution in [-0.4, -0.2) is 31.8 Å². The molecule has 1 fully saturated rings. The molecule has 0 atom stereocenters. The molecule has 1 aliphatic carbocycles. The molecule has 0 bridgehead atoms. The number of nitrogens with one attached hydrogen (secondary N) is 1. The van der Waals surface area contributed by atoms with Gasteiger partial charge in [0.25, 0.3) is 0 Å². The van der Waals surface area contributed by atoms with Gasteiger partial charge < -0.3 is 15.8 Å². The van der Waals surface area contributed by atoms with Crippen LogP contribution < -0.4 is 11.1 Å². The highest BCUT2D eigenvalue weighted by Gasteiger charge is 2.36. The van der Waals surface area contributed by atoms with Gasteiger partial charge in [-0.15, -0.1) is 24.0 Å². The number of hydrogen-bond acceptors (Lipinski definition) is 2. The average molecular weight is 355 g/mol. The van der Waals surface area contributed by atoms with E-state index in [4.69, 9.17) is 10.5 Å². The third-order valence-electron chi connectivity index (χ3n) is 3.26. The van der Waals surface area contributed by atoms with E-state index in [9.17, 15) is 0 Å². The number of nitrogens with zero attached hydrogens (tertiary/aromatic N) is 1. The Kier molecular flexibility index (Phi) is 8.11. The van der Waals surface area contributed by atoms with Crippen molar-refractivity contribution in [3.8, 4) is 0 Å². The van der Waals surface area contributed by atoms with Crippen LogP contribution in [-0.2, 0) is 4.74 Å². The fourth-order valence-electron chi connectivity index (χ4n) is 1.77. The van der Waals surface area contributed by atoms with Crippen LogP contribution >= 0.6 is 24.0 Å². The van der Waals surface area contributed by atoms with Crippen molar-refractivity contribution in [2.45, 2.75) is 45.1 Å². The highest BCUT2D eigenvalue weighted by molar-refractivity contribution is 14.0. The summed E-state index contributed by atoms with van der Waals surface area (Å²) in [6.07, 6.45) is 4.56. The Morgan fingerprint density at radius 2 is 2.12 bits per heavy atom. The summed E-state index contributed by atoms with van der Waals surface area (Å²) in [6.45, 7) is 5.98. The van der Waals surface area contributed by atoms with Crippen molar-refractivity contribution >= 4 is 29.9 Å². The smallest absolute Gasteiger partial charge is 0.188 e. The minimum absolute atomic E-state index is 0. The lowest BCUT2D eigenvalue weighted by Crippen LogP contribution is -2.43. The van der Waals surface area contributed by atoms with Crippen LogP contribution in [0, 0.1) is 5.92 Å². The van der Waals surface area contributed by atoms with Crippen LogP contribution in [0.1, 0.15) is 39.5 Å². The van der Waals surface area contributed by atoms with Crippen molar-refractivity contribution in [2.24, 2.45) is 16.6 Å². The van der Waals surface area contributed by atoms with Crippen LogP contribution in [0.2, 0.25) is 0 Å². The van der Waals surface area contributed by atoms with E-state index in [1.807, 2.05) is 0 Å². The molecule has 4 nitrogen and oxygen atoms in total. The molecule has 0 heterocycles. The van der Waals surface area contributed by atoms with Gasteiger partial charge in [0.1, 0.15) is 0 Å². The third kappa shape index (κ3) is 5.90. The average Bonchev–Trinajstić information content (AvgIpc) is 2.16. The number of hydrogen-bond donors (Lipinski definition) is 2. The van der Waals surface area contributed by atoms with Gasteiger partial charge in [0.05, 0.1) is 12.1 Å². The van der Waals surface area contributed by atoms with Crippen molar-refractivity contribution in [1.82, 2.24) is 5.32 Å². The van der Waals surface area contributed by atoms with Crippen molar-refractivity contribution in [3.63, 3.8) is 0 Å². The lowest BCUT2D eigenvalue weighted by molar-refractivity contribution is -0.0630. The molecule has 1 rings (SSSR count). The molecule has 0 radical (unpaired) electrons. The maximum absolute atomic E-state index is 5.78. The molecule has 0 aliphatic heterocycles. The first-order valence-electron chi connectivity index (χ1n) is 6.17. The predicted octanol–water partition coefficient (Wildman–Crippen LogP) is 2.12. The van der Waals surface area contributed by atoms with Gasteiger partial charge in [-0.1, -0.05) is 13.8 Å². The zero-order chi connectivity index (χ0) is 12.0. The van der Waals surface area contributed by atoms with Gasteiger partial charge in [-0.25, -0.2) is 0 Å². The van der Waals surface area contributed by atoms with E-state index >= 15 is 0 Å². The lowest BCUT2D eigenvalue weighted by atomic mass is 9.80. The molecular weight excluding hydrogens is 329 g/mol. The second-order valence-corrected chi connectivity index (χ2v) is 5.05. The summed E-state index contributed by atoms with van der Waals surface area (Å²) in [5.74, 6) is 1.24. The Labute approximate surface area is 122 Å². The second kappa shape index (κ2) is 8.13. The normalized spacial score (nSPS) is 18.5. The topological polar surface area (TPSA) is 59.6 Å². The Bertz CT molecular complexity index is 234. The van der Waals surface area contributed by atoms with Crippen molar-refractivity contribution in [3.05, 3.63) is 0 Å².